The summed E-state index contributed by atoms with van der Waals surface area (Å²) in [5, 5.41) is 0. The molecule has 0 spiro atoms. The standard InChI is InChI=1S/C13H19N3O/c1-3-4-5-8-16-12-9-10(17-2)6-7-11(12)15-13(16)14/h6-7,9H,3-5,8H2,1-2H3,(H2,14,15). The first-order valence-electron chi connectivity index (χ1n) is 6.06. The molecule has 0 aliphatic rings. The zero-order valence-electron chi connectivity index (χ0n) is 10.4. The maximum atomic E-state index is 5.94. The monoisotopic (exact) mass is 233 g/mol. The Morgan fingerprint density at radius 2 is 2.18 bits per heavy atom. The number of benzene rings is 1. The molecule has 1 heterocycles. The number of ether oxygens (including phenoxy) is 1. The number of nitrogens with zero attached hydrogens (tertiary/aromatic N) is 2. The van der Waals surface area contributed by atoms with Crippen molar-refractivity contribution in [1.82, 2.24) is 9.55 Å². The Hall–Kier alpha value is -1.71. The number of methoxy groups -OCH3 is 1. The number of unbranched alkanes of at least 4 members (excludes halogenated alkanes) is 2. The Kier molecular flexibility index (Phi) is 3.52. The van der Waals surface area contributed by atoms with Crippen LogP contribution in [0.25, 0.3) is 11.0 Å². The van der Waals surface area contributed by atoms with E-state index in [0.717, 1.165) is 29.7 Å². The molecular weight excluding hydrogens is 214 g/mol. The van der Waals surface area contributed by atoms with E-state index in [1.165, 1.54) is 12.8 Å². The lowest BCUT2D eigenvalue weighted by Gasteiger charge is -2.06. The first-order chi connectivity index (χ1) is 8.26. The van der Waals surface area contributed by atoms with Crippen LogP contribution in [0.15, 0.2) is 18.2 Å². The minimum atomic E-state index is 0.587. The average molecular weight is 233 g/mol. The maximum Gasteiger partial charge on any atom is 0.201 e. The van der Waals surface area contributed by atoms with Gasteiger partial charge in [-0.15, -0.1) is 0 Å². The van der Waals surface area contributed by atoms with Crippen LogP contribution in [-0.4, -0.2) is 16.7 Å². The molecule has 0 saturated heterocycles. The highest BCUT2D eigenvalue weighted by atomic mass is 16.5. The molecule has 0 aliphatic carbocycles. The molecular formula is C13H19N3O. The first kappa shape index (κ1) is 11.8. The van der Waals surface area contributed by atoms with E-state index in [4.69, 9.17) is 10.5 Å². The molecule has 0 fully saturated rings. The number of aromatic nitrogens is 2. The number of anilines is 1. The summed E-state index contributed by atoms with van der Waals surface area (Å²) in [6.45, 7) is 3.11. The fourth-order valence-electron chi connectivity index (χ4n) is 2.00. The Balaban J connectivity index is 2.34. The van der Waals surface area contributed by atoms with Crippen LogP contribution < -0.4 is 10.5 Å². The van der Waals surface area contributed by atoms with Gasteiger partial charge in [0, 0.05) is 12.6 Å². The maximum absolute atomic E-state index is 5.94. The van der Waals surface area contributed by atoms with Gasteiger partial charge in [-0.3, -0.25) is 0 Å². The molecule has 4 heteroatoms. The first-order valence-corrected chi connectivity index (χ1v) is 6.06. The third-order valence-electron chi connectivity index (χ3n) is 2.97. The van der Waals surface area contributed by atoms with Crippen LogP contribution in [0.2, 0.25) is 0 Å². The second-order valence-electron chi connectivity index (χ2n) is 4.18. The van der Waals surface area contributed by atoms with Gasteiger partial charge in [0.25, 0.3) is 0 Å². The number of aryl methyl sites for hydroxylation is 1. The van der Waals surface area contributed by atoms with E-state index in [0.29, 0.717) is 5.95 Å². The SMILES string of the molecule is CCCCCn1c(N)nc2ccc(OC)cc21. The molecule has 2 rings (SSSR count). The molecule has 0 unspecified atom stereocenters. The zero-order valence-corrected chi connectivity index (χ0v) is 10.4. The summed E-state index contributed by atoms with van der Waals surface area (Å²) in [6.07, 6.45) is 3.54. The fraction of sp³-hybridized carbons (Fsp3) is 0.462. The predicted molar refractivity (Wildman–Crippen MR) is 70.2 cm³/mol. The van der Waals surface area contributed by atoms with Crippen LogP contribution in [0.1, 0.15) is 26.2 Å². The number of hydrogen-bond donors (Lipinski definition) is 1. The number of imidazole rings is 1. The van der Waals surface area contributed by atoms with E-state index < -0.39 is 0 Å². The summed E-state index contributed by atoms with van der Waals surface area (Å²) in [5.74, 6) is 1.43. The van der Waals surface area contributed by atoms with Gasteiger partial charge in [0.05, 0.1) is 18.1 Å². The van der Waals surface area contributed by atoms with Gasteiger partial charge < -0.3 is 15.0 Å². The van der Waals surface area contributed by atoms with Crippen molar-refractivity contribution in [2.24, 2.45) is 0 Å². The lowest BCUT2D eigenvalue weighted by Crippen LogP contribution is -2.03. The second kappa shape index (κ2) is 5.08. The normalized spacial score (nSPS) is 10.9. The molecule has 2 aromatic rings. The second-order valence-corrected chi connectivity index (χ2v) is 4.18. The minimum Gasteiger partial charge on any atom is -0.497 e. The molecule has 1 aromatic carbocycles. The van der Waals surface area contributed by atoms with E-state index in [-0.39, 0.29) is 0 Å². The number of hydrogen-bond acceptors (Lipinski definition) is 3. The Labute approximate surface area is 101 Å². The molecule has 0 saturated carbocycles. The highest BCUT2D eigenvalue weighted by Gasteiger charge is 2.08. The molecule has 4 nitrogen and oxygen atoms in total. The lowest BCUT2D eigenvalue weighted by atomic mass is 10.2. The number of rotatable bonds is 5. The smallest absolute Gasteiger partial charge is 0.201 e. The topological polar surface area (TPSA) is 53.1 Å². The molecule has 0 atom stereocenters. The van der Waals surface area contributed by atoms with Crippen molar-refractivity contribution in [2.75, 3.05) is 12.8 Å². The van der Waals surface area contributed by atoms with E-state index in [1.807, 2.05) is 18.2 Å². The van der Waals surface area contributed by atoms with Crippen LogP contribution in [0.5, 0.6) is 5.75 Å². The molecule has 0 aliphatic heterocycles. The zero-order chi connectivity index (χ0) is 12.3. The minimum absolute atomic E-state index is 0.587. The number of fused-ring (bicyclic) bond motifs is 1. The van der Waals surface area contributed by atoms with Crippen molar-refractivity contribution < 1.29 is 4.74 Å². The van der Waals surface area contributed by atoms with Crippen LogP contribution in [-0.2, 0) is 6.54 Å². The van der Waals surface area contributed by atoms with Crippen LogP contribution in [0.4, 0.5) is 5.95 Å². The van der Waals surface area contributed by atoms with Gasteiger partial charge >= 0.3 is 0 Å². The molecule has 0 bridgehead atoms. The summed E-state index contributed by atoms with van der Waals surface area (Å²) < 4.78 is 7.29. The van der Waals surface area contributed by atoms with E-state index in [1.54, 1.807) is 7.11 Å². The van der Waals surface area contributed by atoms with Gasteiger partial charge in [-0.05, 0) is 18.6 Å². The van der Waals surface area contributed by atoms with Crippen molar-refractivity contribution in [1.29, 1.82) is 0 Å². The summed E-state index contributed by atoms with van der Waals surface area (Å²) in [5.41, 5.74) is 7.92. The van der Waals surface area contributed by atoms with Crippen molar-refractivity contribution >= 4 is 17.0 Å². The molecule has 0 radical (unpaired) electrons. The van der Waals surface area contributed by atoms with E-state index >= 15 is 0 Å². The number of nitrogen functional groups attached to an aromatic ring is 1. The molecule has 0 amide bonds. The van der Waals surface area contributed by atoms with Crippen molar-refractivity contribution in [3.8, 4) is 5.75 Å². The third kappa shape index (κ3) is 2.35. The predicted octanol–water partition coefficient (Wildman–Crippen LogP) is 2.82. The highest BCUT2D eigenvalue weighted by Crippen LogP contribution is 2.23. The van der Waals surface area contributed by atoms with Crippen LogP contribution in [0.3, 0.4) is 0 Å². The van der Waals surface area contributed by atoms with Gasteiger partial charge in [-0.1, -0.05) is 19.8 Å². The van der Waals surface area contributed by atoms with Gasteiger partial charge in [0.1, 0.15) is 5.75 Å². The Morgan fingerprint density at radius 1 is 1.35 bits per heavy atom. The lowest BCUT2D eigenvalue weighted by molar-refractivity contribution is 0.415. The largest absolute Gasteiger partial charge is 0.497 e. The third-order valence-corrected chi connectivity index (χ3v) is 2.97. The average Bonchev–Trinajstić information content (AvgIpc) is 2.65. The van der Waals surface area contributed by atoms with Crippen LogP contribution >= 0.6 is 0 Å². The van der Waals surface area contributed by atoms with Gasteiger partial charge in [0.2, 0.25) is 5.95 Å². The quantitative estimate of drug-likeness (QED) is 0.808. The van der Waals surface area contributed by atoms with Gasteiger partial charge in [-0.25, -0.2) is 4.98 Å². The van der Waals surface area contributed by atoms with Crippen molar-refractivity contribution in [2.45, 2.75) is 32.7 Å². The molecule has 1 aromatic heterocycles. The summed E-state index contributed by atoms with van der Waals surface area (Å²) >= 11 is 0. The molecule has 92 valence electrons. The summed E-state index contributed by atoms with van der Waals surface area (Å²) in [4.78, 5) is 4.35. The molecule has 17 heavy (non-hydrogen) atoms. The Morgan fingerprint density at radius 3 is 2.88 bits per heavy atom. The highest BCUT2D eigenvalue weighted by molar-refractivity contribution is 5.79. The van der Waals surface area contributed by atoms with Crippen molar-refractivity contribution in [3.63, 3.8) is 0 Å². The van der Waals surface area contributed by atoms with Crippen molar-refractivity contribution in [3.05, 3.63) is 18.2 Å². The molecule has 2 N–H and O–H groups in total. The fourth-order valence-corrected chi connectivity index (χ4v) is 2.00. The summed E-state index contributed by atoms with van der Waals surface area (Å²) in [6, 6.07) is 5.84. The van der Waals surface area contributed by atoms with E-state index in [2.05, 4.69) is 16.5 Å². The number of nitrogens with two attached hydrogens (primary N) is 1. The summed E-state index contributed by atoms with van der Waals surface area (Å²) in [7, 11) is 1.67. The van der Waals surface area contributed by atoms with Crippen LogP contribution in [0, 0.1) is 0 Å². The van der Waals surface area contributed by atoms with Gasteiger partial charge in [0.15, 0.2) is 0 Å². The Bertz CT molecular complexity index is 505. The van der Waals surface area contributed by atoms with Gasteiger partial charge in [-0.2, -0.15) is 0 Å². The van der Waals surface area contributed by atoms with E-state index in [9.17, 15) is 0 Å².